The zero-order valence-electron chi connectivity index (χ0n) is 17.1. The fourth-order valence-corrected chi connectivity index (χ4v) is 3.43. The molecule has 1 aliphatic rings. The molecule has 9 nitrogen and oxygen atoms in total. The third kappa shape index (κ3) is 5.44. The van der Waals surface area contributed by atoms with Crippen molar-refractivity contribution in [1.29, 1.82) is 5.41 Å². The Kier molecular flexibility index (Phi) is 6.64. The molecule has 6 N–H and O–H groups in total. The van der Waals surface area contributed by atoms with Gasteiger partial charge in [-0.1, -0.05) is 6.92 Å². The van der Waals surface area contributed by atoms with Crippen molar-refractivity contribution in [2.75, 3.05) is 10.6 Å². The van der Waals surface area contributed by atoms with Crippen LogP contribution in [0.1, 0.15) is 36.5 Å². The first kappa shape index (κ1) is 21.9. The number of rotatable bonds is 9. The molecule has 162 valence electrons. The van der Waals surface area contributed by atoms with Gasteiger partial charge in [-0.25, -0.2) is 4.98 Å². The summed E-state index contributed by atoms with van der Waals surface area (Å²) in [6.45, 7) is 1.95. The maximum Gasteiger partial charge on any atom is 0.303 e. The second-order valence-corrected chi connectivity index (χ2v) is 7.46. The van der Waals surface area contributed by atoms with Gasteiger partial charge in [0.05, 0.1) is 11.8 Å². The number of aromatic nitrogens is 1. The maximum absolute atomic E-state index is 12.7. The molecule has 3 rings (SSSR count). The van der Waals surface area contributed by atoms with Gasteiger partial charge in [-0.2, -0.15) is 0 Å². The van der Waals surface area contributed by atoms with E-state index in [1.54, 1.807) is 30.5 Å². The SMILES string of the molecule is CCc1ccnc(NC(=O)C2CC2C(=O)Nc2ccc(C(=N)N)cc2)c1CCC(=O)O. The van der Waals surface area contributed by atoms with E-state index in [1.165, 1.54) is 0 Å². The fraction of sp³-hybridized carbons (Fsp3) is 0.318. The lowest BCUT2D eigenvalue weighted by Gasteiger charge is -2.13. The summed E-state index contributed by atoms with van der Waals surface area (Å²) in [7, 11) is 0. The van der Waals surface area contributed by atoms with Gasteiger partial charge in [0.15, 0.2) is 0 Å². The first-order valence-corrected chi connectivity index (χ1v) is 10.0. The van der Waals surface area contributed by atoms with Crippen LogP contribution in [0.5, 0.6) is 0 Å². The minimum absolute atomic E-state index is 0.0553. The molecule has 0 spiro atoms. The number of carbonyl (C=O) groups excluding carboxylic acids is 2. The average molecular weight is 423 g/mol. The number of amides is 2. The number of benzene rings is 1. The average Bonchev–Trinajstić information content (AvgIpc) is 3.54. The van der Waals surface area contributed by atoms with E-state index in [4.69, 9.17) is 16.2 Å². The number of nitrogen functional groups attached to an aromatic ring is 1. The summed E-state index contributed by atoms with van der Waals surface area (Å²) in [5.74, 6) is -2.07. The van der Waals surface area contributed by atoms with Crippen LogP contribution >= 0.6 is 0 Å². The minimum Gasteiger partial charge on any atom is -0.481 e. The van der Waals surface area contributed by atoms with Crippen molar-refractivity contribution < 1.29 is 19.5 Å². The van der Waals surface area contributed by atoms with Gasteiger partial charge in [0.1, 0.15) is 11.7 Å². The quantitative estimate of drug-likeness (QED) is 0.307. The molecule has 31 heavy (non-hydrogen) atoms. The predicted molar refractivity (Wildman–Crippen MR) is 116 cm³/mol. The molecule has 2 aromatic rings. The largest absolute Gasteiger partial charge is 0.481 e. The van der Waals surface area contributed by atoms with Gasteiger partial charge >= 0.3 is 5.97 Å². The third-order valence-electron chi connectivity index (χ3n) is 5.29. The molecule has 1 aliphatic carbocycles. The number of carboxylic acids is 1. The van der Waals surface area contributed by atoms with E-state index in [0.717, 1.165) is 5.56 Å². The number of nitrogens with zero attached hydrogens (tertiary/aromatic N) is 1. The van der Waals surface area contributed by atoms with Gasteiger partial charge in [-0.15, -0.1) is 0 Å². The van der Waals surface area contributed by atoms with E-state index in [1.807, 2.05) is 13.0 Å². The smallest absolute Gasteiger partial charge is 0.303 e. The molecule has 1 fully saturated rings. The number of pyridine rings is 1. The van der Waals surface area contributed by atoms with Crippen LogP contribution in [0.3, 0.4) is 0 Å². The topological polar surface area (TPSA) is 158 Å². The van der Waals surface area contributed by atoms with Gasteiger partial charge in [0.2, 0.25) is 11.8 Å². The predicted octanol–water partition coefficient (Wildman–Crippen LogP) is 2.16. The molecule has 1 saturated carbocycles. The number of anilines is 2. The maximum atomic E-state index is 12.7. The van der Waals surface area contributed by atoms with E-state index in [0.29, 0.717) is 35.5 Å². The monoisotopic (exact) mass is 423 g/mol. The summed E-state index contributed by atoms with van der Waals surface area (Å²) in [5.41, 5.74) is 8.19. The highest BCUT2D eigenvalue weighted by molar-refractivity contribution is 6.03. The fourth-order valence-electron chi connectivity index (χ4n) is 3.43. The number of aliphatic carboxylic acids is 1. The number of carbonyl (C=O) groups is 3. The lowest BCUT2D eigenvalue weighted by molar-refractivity contribution is -0.137. The summed E-state index contributed by atoms with van der Waals surface area (Å²) in [6.07, 6.45) is 2.92. The Hall–Kier alpha value is -3.75. The first-order valence-electron chi connectivity index (χ1n) is 10.0. The number of amidine groups is 1. The Morgan fingerprint density at radius 3 is 2.35 bits per heavy atom. The van der Waals surface area contributed by atoms with E-state index in [9.17, 15) is 14.4 Å². The first-order chi connectivity index (χ1) is 14.8. The Bertz CT molecular complexity index is 1020. The van der Waals surface area contributed by atoms with Crippen molar-refractivity contribution in [3.05, 3.63) is 53.2 Å². The molecule has 2 amide bonds. The number of carboxylic acid groups (broad SMARTS) is 1. The molecule has 1 aromatic carbocycles. The van der Waals surface area contributed by atoms with Gasteiger partial charge in [0.25, 0.3) is 0 Å². The van der Waals surface area contributed by atoms with Crippen LogP contribution in [0, 0.1) is 17.2 Å². The van der Waals surface area contributed by atoms with Crippen molar-refractivity contribution >= 4 is 35.1 Å². The minimum atomic E-state index is -0.918. The number of aryl methyl sites for hydroxylation is 1. The van der Waals surface area contributed by atoms with Crippen LogP contribution in [0.4, 0.5) is 11.5 Å². The highest BCUT2D eigenvalue weighted by Gasteiger charge is 2.48. The van der Waals surface area contributed by atoms with E-state index >= 15 is 0 Å². The van der Waals surface area contributed by atoms with E-state index in [-0.39, 0.29) is 30.5 Å². The highest BCUT2D eigenvalue weighted by Crippen LogP contribution is 2.40. The Balaban J connectivity index is 1.62. The summed E-state index contributed by atoms with van der Waals surface area (Å²) < 4.78 is 0. The van der Waals surface area contributed by atoms with Crippen molar-refractivity contribution in [2.45, 2.75) is 32.6 Å². The van der Waals surface area contributed by atoms with Crippen LogP contribution in [0.2, 0.25) is 0 Å². The van der Waals surface area contributed by atoms with Crippen molar-refractivity contribution in [1.82, 2.24) is 4.98 Å². The normalized spacial score (nSPS) is 16.9. The number of hydrogen-bond acceptors (Lipinski definition) is 5. The Labute approximate surface area is 179 Å². The summed E-state index contributed by atoms with van der Waals surface area (Å²) in [4.78, 5) is 40.3. The van der Waals surface area contributed by atoms with Gasteiger partial charge in [-0.3, -0.25) is 19.8 Å². The van der Waals surface area contributed by atoms with E-state index < -0.39 is 17.8 Å². The van der Waals surface area contributed by atoms with Crippen LogP contribution in [-0.2, 0) is 27.2 Å². The van der Waals surface area contributed by atoms with Crippen molar-refractivity contribution in [3.63, 3.8) is 0 Å². The Morgan fingerprint density at radius 2 is 1.77 bits per heavy atom. The van der Waals surface area contributed by atoms with Crippen LogP contribution in [0.15, 0.2) is 36.5 Å². The van der Waals surface area contributed by atoms with Gasteiger partial charge < -0.3 is 21.5 Å². The van der Waals surface area contributed by atoms with E-state index in [2.05, 4.69) is 15.6 Å². The molecule has 2 atom stereocenters. The molecular weight excluding hydrogens is 398 g/mol. The summed E-state index contributed by atoms with van der Waals surface area (Å²) in [6, 6.07) is 8.40. The second kappa shape index (κ2) is 9.38. The van der Waals surface area contributed by atoms with Crippen molar-refractivity contribution in [3.8, 4) is 0 Å². The molecule has 0 saturated heterocycles. The number of nitrogens with two attached hydrogens (primary N) is 1. The van der Waals surface area contributed by atoms with Crippen molar-refractivity contribution in [2.24, 2.45) is 17.6 Å². The molecule has 0 radical (unpaired) electrons. The zero-order valence-corrected chi connectivity index (χ0v) is 17.1. The molecular formula is C22H25N5O4. The lowest BCUT2D eigenvalue weighted by Crippen LogP contribution is -2.22. The zero-order chi connectivity index (χ0) is 22.5. The van der Waals surface area contributed by atoms with Gasteiger partial charge in [-0.05, 0) is 60.7 Å². The number of nitrogens with one attached hydrogen (secondary N) is 3. The molecule has 1 heterocycles. The summed E-state index contributed by atoms with van der Waals surface area (Å²) >= 11 is 0. The number of hydrogen-bond donors (Lipinski definition) is 5. The molecule has 0 bridgehead atoms. The van der Waals surface area contributed by atoms with Crippen LogP contribution < -0.4 is 16.4 Å². The second-order valence-electron chi connectivity index (χ2n) is 7.46. The molecule has 2 unspecified atom stereocenters. The molecule has 0 aliphatic heterocycles. The highest BCUT2D eigenvalue weighted by atomic mass is 16.4. The lowest BCUT2D eigenvalue weighted by atomic mass is 10.0. The van der Waals surface area contributed by atoms with Crippen LogP contribution in [0.25, 0.3) is 0 Å². The summed E-state index contributed by atoms with van der Waals surface area (Å²) in [5, 5.41) is 21.9. The standard InChI is InChI=1S/C22H25N5O4/c1-2-12-9-10-25-20(15(12)7-8-18(28)29)27-22(31)17-11-16(17)21(30)26-14-5-3-13(4-6-14)19(23)24/h3-6,9-10,16-17H,2,7-8,11H2,1H3,(H3,23,24)(H,26,30)(H,28,29)(H,25,27,31). The molecule has 9 heteroatoms. The molecule has 1 aromatic heterocycles. The Morgan fingerprint density at radius 1 is 1.13 bits per heavy atom. The van der Waals surface area contributed by atoms with Gasteiger partial charge in [0, 0.05) is 23.9 Å². The third-order valence-corrected chi connectivity index (χ3v) is 5.29. The van der Waals surface area contributed by atoms with Crippen LogP contribution in [-0.4, -0.2) is 33.7 Å².